The maximum Gasteiger partial charge on any atom is 0.232 e. The van der Waals surface area contributed by atoms with E-state index in [9.17, 15) is 21.6 Å². The van der Waals surface area contributed by atoms with E-state index in [4.69, 9.17) is 0 Å². The summed E-state index contributed by atoms with van der Waals surface area (Å²) in [5, 5.41) is 2.76. The van der Waals surface area contributed by atoms with Gasteiger partial charge < -0.3 is 5.32 Å². The van der Waals surface area contributed by atoms with Gasteiger partial charge in [0.15, 0.2) is 17.5 Å². The van der Waals surface area contributed by atoms with Crippen molar-refractivity contribution in [1.29, 1.82) is 0 Å². The van der Waals surface area contributed by atoms with Crippen molar-refractivity contribution >= 4 is 15.7 Å². The van der Waals surface area contributed by atoms with E-state index >= 15 is 0 Å². The average Bonchev–Trinajstić information content (AvgIpc) is 2.30. The van der Waals surface area contributed by atoms with Gasteiger partial charge >= 0.3 is 0 Å². The van der Waals surface area contributed by atoms with Gasteiger partial charge in [-0.1, -0.05) is 0 Å². The number of anilines is 1. The average molecular weight is 282 g/mol. The second-order valence-corrected chi connectivity index (χ2v) is 5.44. The summed E-state index contributed by atoms with van der Waals surface area (Å²) in [5.41, 5.74) is -0.599. The van der Waals surface area contributed by atoms with Gasteiger partial charge in [0, 0.05) is 0 Å². The molecule has 0 atom stereocenters. The van der Waals surface area contributed by atoms with Crippen LogP contribution in [-0.2, 0) is 10.0 Å². The lowest BCUT2D eigenvalue weighted by Gasteiger charge is -2.09. The third-order valence-corrected chi connectivity index (χ3v) is 3.50. The number of rotatable bonds is 6. The number of nitrogens with one attached hydrogen (secondary N) is 2. The molecule has 0 unspecified atom stereocenters. The van der Waals surface area contributed by atoms with Crippen LogP contribution in [0, 0.1) is 17.5 Å². The van der Waals surface area contributed by atoms with Gasteiger partial charge in [-0.3, -0.25) is 4.72 Å². The highest BCUT2D eigenvalue weighted by Gasteiger charge is 2.17. The minimum atomic E-state index is -3.78. The fourth-order valence-electron chi connectivity index (χ4n) is 1.26. The zero-order chi connectivity index (χ0) is 13.8. The van der Waals surface area contributed by atoms with Crippen LogP contribution in [0.5, 0.6) is 0 Å². The molecule has 0 aliphatic heterocycles. The van der Waals surface area contributed by atoms with Crippen molar-refractivity contribution in [1.82, 2.24) is 5.32 Å². The predicted molar refractivity (Wildman–Crippen MR) is 62.3 cm³/mol. The fourth-order valence-corrected chi connectivity index (χ4v) is 2.38. The Balaban J connectivity index is 2.82. The van der Waals surface area contributed by atoms with Gasteiger partial charge in [-0.25, -0.2) is 21.6 Å². The lowest BCUT2D eigenvalue weighted by molar-refractivity contribution is 0.449. The number of hydrogen-bond acceptors (Lipinski definition) is 3. The van der Waals surface area contributed by atoms with Crippen LogP contribution in [0.15, 0.2) is 12.1 Å². The first-order chi connectivity index (χ1) is 8.37. The molecule has 0 radical (unpaired) electrons. The van der Waals surface area contributed by atoms with Crippen molar-refractivity contribution in [3.8, 4) is 0 Å². The topological polar surface area (TPSA) is 58.2 Å². The zero-order valence-corrected chi connectivity index (χ0v) is 10.5. The molecule has 0 fully saturated rings. The van der Waals surface area contributed by atoms with Crippen molar-refractivity contribution in [3.63, 3.8) is 0 Å². The van der Waals surface area contributed by atoms with Crippen molar-refractivity contribution in [2.45, 2.75) is 6.42 Å². The van der Waals surface area contributed by atoms with Crippen LogP contribution < -0.4 is 10.0 Å². The van der Waals surface area contributed by atoms with Gasteiger partial charge in [0.1, 0.15) is 0 Å². The Labute approximate surface area is 103 Å². The molecule has 1 rings (SSSR count). The van der Waals surface area contributed by atoms with Crippen molar-refractivity contribution in [3.05, 3.63) is 29.6 Å². The summed E-state index contributed by atoms with van der Waals surface area (Å²) in [6.45, 7) is 0.473. The number of benzene rings is 1. The third-order valence-electron chi connectivity index (χ3n) is 2.14. The second kappa shape index (κ2) is 6.05. The largest absolute Gasteiger partial charge is 0.320 e. The molecule has 0 aromatic heterocycles. The van der Waals surface area contributed by atoms with Gasteiger partial charge in [0.2, 0.25) is 10.0 Å². The minimum Gasteiger partial charge on any atom is -0.320 e. The molecular weight excluding hydrogens is 269 g/mol. The summed E-state index contributed by atoms with van der Waals surface area (Å²) in [6.07, 6.45) is 0.317. The summed E-state index contributed by atoms with van der Waals surface area (Å²) in [6, 6.07) is 1.49. The van der Waals surface area contributed by atoms with E-state index < -0.39 is 33.2 Å². The lowest BCUT2D eigenvalue weighted by Crippen LogP contribution is -2.21. The summed E-state index contributed by atoms with van der Waals surface area (Å²) in [5.74, 6) is -4.87. The highest BCUT2D eigenvalue weighted by atomic mass is 32.2. The Kier molecular flexibility index (Phi) is 4.97. The van der Waals surface area contributed by atoms with Gasteiger partial charge in [-0.05, 0) is 32.1 Å². The molecular formula is C10H13F3N2O2S. The van der Waals surface area contributed by atoms with Crippen LogP contribution >= 0.6 is 0 Å². The molecule has 0 amide bonds. The predicted octanol–water partition coefficient (Wildman–Crippen LogP) is 1.46. The number of sulfonamides is 1. The van der Waals surface area contributed by atoms with Crippen molar-refractivity contribution < 1.29 is 21.6 Å². The smallest absolute Gasteiger partial charge is 0.232 e. The number of halogens is 3. The van der Waals surface area contributed by atoms with Gasteiger partial charge in [0.05, 0.1) is 11.4 Å². The molecule has 2 N–H and O–H groups in total. The molecule has 1 aromatic carbocycles. The molecule has 8 heteroatoms. The normalized spacial score (nSPS) is 11.6. The second-order valence-electron chi connectivity index (χ2n) is 3.60. The standard InChI is InChI=1S/C10H13F3N2O2S/c1-14-5-2-6-18(16,17)15-8-4-3-7(11)9(12)10(8)13/h3-4,14-15H,2,5-6H2,1H3. The van der Waals surface area contributed by atoms with Crippen LogP contribution in [0.4, 0.5) is 18.9 Å². The summed E-state index contributed by atoms with van der Waals surface area (Å²) >= 11 is 0. The minimum absolute atomic E-state index is 0.244. The van der Waals surface area contributed by atoms with Crippen LogP contribution in [0.25, 0.3) is 0 Å². The Morgan fingerprint density at radius 2 is 1.83 bits per heavy atom. The quantitative estimate of drug-likeness (QED) is 0.613. The van der Waals surface area contributed by atoms with Crippen LogP contribution in [0.3, 0.4) is 0 Å². The SMILES string of the molecule is CNCCCS(=O)(=O)Nc1ccc(F)c(F)c1F. The van der Waals surface area contributed by atoms with E-state index in [1.54, 1.807) is 7.05 Å². The molecule has 102 valence electrons. The number of hydrogen-bond donors (Lipinski definition) is 2. The first-order valence-electron chi connectivity index (χ1n) is 5.16. The van der Waals surface area contributed by atoms with E-state index in [1.807, 2.05) is 4.72 Å². The third kappa shape index (κ3) is 3.88. The highest BCUT2D eigenvalue weighted by Crippen LogP contribution is 2.20. The molecule has 0 heterocycles. The van der Waals surface area contributed by atoms with Gasteiger partial charge in [0.25, 0.3) is 0 Å². The van der Waals surface area contributed by atoms with Gasteiger partial charge in [-0.2, -0.15) is 0 Å². The summed E-state index contributed by atoms with van der Waals surface area (Å²) in [4.78, 5) is 0. The zero-order valence-electron chi connectivity index (χ0n) is 9.63. The molecule has 0 aliphatic rings. The molecule has 0 aliphatic carbocycles. The van der Waals surface area contributed by atoms with E-state index in [0.717, 1.165) is 6.07 Å². The Morgan fingerprint density at radius 1 is 1.17 bits per heavy atom. The van der Waals surface area contributed by atoms with E-state index in [1.165, 1.54) is 0 Å². The molecule has 1 aromatic rings. The Morgan fingerprint density at radius 3 is 2.44 bits per heavy atom. The molecule has 0 saturated heterocycles. The maximum absolute atomic E-state index is 13.2. The molecule has 0 saturated carbocycles. The summed E-state index contributed by atoms with van der Waals surface area (Å²) in [7, 11) is -2.12. The van der Waals surface area contributed by atoms with Crippen LogP contribution in [0.2, 0.25) is 0 Å². The van der Waals surface area contributed by atoms with Crippen LogP contribution in [0.1, 0.15) is 6.42 Å². The first-order valence-corrected chi connectivity index (χ1v) is 6.81. The molecule has 4 nitrogen and oxygen atoms in total. The van der Waals surface area contributed by atoms with Crippen molar-refractivity contribution in [2.24, 2.45) is 0 Å². The molecule has 0 bridgehead atoms. The van der Waals surface area contributed by atoms with E-state index in [2.05, 4.69) is 5.32 Å². The van der Waals surface area contributed by atoms with E-state index in [0.29, 0.717) is 19.0 Å². The highest BCUT2D eigenvalue weighted by molar-refractivity contribution is 7.92. The van der Waals surface area contributed by atoms with E-state index in [-0.39, 0.29) is 5.75 Å². The van der Waals surface area contributed by atoms with Gasteiger partial charge in [-0.15, -0.1) is 0 Å². The maximum atomic E-state index is 13.2. The Hall–Kier alpha value is -1.28. The molecule has 18 heavy (non-hydrogen) atoms. The van der Waals surface area contributed by atoms with Crippen LogP contribution in [-0.4, -0.2) is 27.8 Å². The van der Waals surface area contributed by atoms with Crippen molar-refractivity contribution in [2.75, 3.05) is 24.1 Å². The fraction of sp³-hybridized carbons (Fsp3) is 0.400. The molecule has 0 spiro atoms. The lowest BCUT2D eigenvalue weighted by atomic mass is 10.3. The Bertz CT molecular complexity index is 520. The first kappa shape index (κ1) is 14.8. The monoisotopic (exact) mass is 282 g/mol. The summed E-state index contributed by atoms with van der Waals surface area (Å²) < 4.78 is 63.6.